The molecule has 2 aromatic heterocycles. The Bertz CT molecular complexity index is 1430. The minimum absolute atomic E-state index is 0. The van der Waals surface area contributed by atoms with E-state index in [0.717, 1.165) is 37.3 Å². The molecule has 38 heavy (non-hydrogen) atoms. The Morgan fingerprint density at radius 1 is 0.868 bits per heavy atom. The number of nitrogens with zero attached hydrogens (tertiary/aromatic N) is 4. The smallest absolute Gasteiger partial charge is 0.258 e. The van der Waals surface area contributed by atoms with E-state index in [1.807, 2.05) is 42.6 Å². The van der Waals surface area contributed by atoms with Crippen LogP contribution in [0.25, 0.3) is 16.6 Å². The molecule has 2 aliphatic heterocycles. The van der Waals surface area contributed by atoms with Crippen molar-refractivity contribution >= 4 is 35.7 Å². The Hall–Kier alpha value is -2.77. The van der Waals surface area contributed by atoms with Crippen LogP contribution < -0.4 is 10.3 Å². The fraction of sp³-hybridized carbons (Fsp3) is 0.367. The summed E-state index contributed by atoms with van der Waals surface area (Å²) in [4.78, 5) is 18.2. The number of fused-ring (bicyclic) bond motifs is 3. The third-order valence-electron chi connectivity index (χ3n) is 7.82. The molecule has 4 aromatic rings. The van der Waals surface area contributed by atoms with Gasteiger partial charge in [-0.1, -0.05) is 36.4 Å². The second-order valence-electron chi connectivity index (χ2n) is 10.1. The molecule has 0 spiro atoms. The van der Waals surface area contributed by atoms with Crippen LogP contribution in [0.1, 0.15) is 29.7 Å². The molecular weight excluding hydrogens is 519 g/mol. The lowest BCUT2D eigenvalue weighted by Gasteiger charge is -2.29. The molecular formula is C30H36Cl2N4O2. The summed E-state index contributed by atoms with van der Waals surface area (Å²) >= 11 is 0. The Balaban J connectivity index is 0.00000168. The summed E-state index contributed by atoms with van der Waals surface area (Å²) < 4.78 is 9.87. The number of halogens is 2. The molecule has 0 aliphatic carbocycles. The molecule has 0 bridgehead atoms. The van der Waals surface area contributed by atoms with Crippen LogP contribution in [0.4, 0.5) is 0 Å². The van der Waals surface area contributed by atoms with E-state index < -0.39 is 0 Å². The van der Waals surface area contributed by atoms with Crippen LogP contribution in [0, 0.1) is 0 Å². The average molecular weight is 556 g/mol. The summed E-state index contributed by atoms with van der Waals surface area (Å²) in [7, 11) is 2.16. The molecule has 6 nitrogen and oxygen atoms in total. The van der Waals surface area contributed by atoms with Crippen LogP contribution in [0.2, 0.25) is 0 Å². The SMILES string of the molecule is Cl.Cl.Cn1c2c(c3ccc(-n4ccc(OCc5ccccc5)cc4=O)cc31)CN(CCN1CCCC1)CC2. The molecule has 8 heteroatoms. The molecule has 6 rings (SSSR count). The van der Waals surface area contributed by atoms with Crippen molar-refractivity contribution < 1.29 is 4.74 Å². The number of pyridine rings is 1. The minimum Gasteiger partial charge on any atom is -0.489 e. The van der Waals surface area contributed by atoms with Gasteiger partial charge in [-0.2, -0.15) is 0 Å². The highest BCUT2D eigenvalue weighted by Gasteiger charge is 2.24. The van der Waals surface area contributed by atoms with Gasteiger partial charge in [-0.15, -0.1) is 24.8 Å². The van der Waals surface area contributed by atoms with Gasteiger partial charge in [0.15, 0.2) is 0 Å². The van der Waals surface area contributed by atoms with Crippen molar-refractivity contribution in [2.45, 2.75) is 32.4 Å². The van der Waals surface area contributed by atoms with Gasteiger partial charge in [0.25, 0.3) is 5.56 Å². The number of rotatable bonds is 7. The number of likely N-dealkylation sites (tertiary alicyclic amines) is 1. The van der Waals surface area contributed by atoms with Crippen LogP contribution in [0.15, 0.2) is 71.7 Å². The third-order valence-corrected chi connectivity index (χ3v) is 7.82. The first-order chi connectivity index (χ1) is 17.7. The summed E-state index contributed by atoms with van der Waals surface area (Å²) in [5.41, 5.74) is 5.93. The lowest BCUT2D eigenvalue weighted by Crippen LogP contribution is -2.37. The highest BCUT2D eigenvalue weighted by molar-refractivity contribution is 5.87. The van der Waals surface area contributed by atoms with Crippen molar-refractivity contribution in [3.63, 3.8) is 0 Å². The second kappa shape index (κ2) is 12.4. The molecule has 0 saturated carbocycles. The van der Waals surface area contributed by atoms with E-state index in [9.17, 15) is 4.79 Å². The molecule has 0 unspecified atom stereocenters. The molecule has 4 heterocycles. The molecule has 0 amide bonds. The largest absolute Gasteiger partial charge is 0.489 e. The first-order valence-corrected chi connectivity index (χ1v) is 13.1. The molecule has 2 aromatic carbocycles. The van der Waals surface area contributed by atoms with Gasteiger partial charge >= 0.3 is 0 Å². The maximum Gasteiger partial charge on any atom is 0.258 e. The normalized spacial score (nSPS) is 15.6. The zero-order valence-electron chi connectivity index (χ0n) is 21.8. The zero-order chi connectivity index (χ0) is 24.5. The van der Waals surface area contributed by atoms with Gasteiger partial charge in [0, 0.05) is 63.0 Å². The molecule has 0 N–H and O–H groups in total. The van der Waals surface area contributed by atoms with E-state index in [1.54, 1.807) is 10.6 Å². The number of hydrogen-bond acceptors (Lipinski definition) is 4. The van der Waals surface area contributed by atoms with E-state index in [4.69, 9.17) is 4.74 Å². The first-order valence-electron chi connectivity index (χ1n) is 13.1. The summed E-state index contributed by atoms with van der Waals surface area (Å²) in [5, 5.41) is 1.30. The minimum atomic E-state index is -0.0908. The summed E-state index contributed by atoms with van der Waals surface area (Å²) in [5.74, 6) is 0.588. The van der Waals surface area contributed by atoms with Gasteiger partial charge in [-0.25, -0.2) is 0 Å². The zero-order valence-corrected chi connectivity index (χ0v) is 23.5. The molecule has 1 saturated heterocycles. The fourth-order valence-corrected chi connectivity index (χ4v) is 5.75. The maximum atomic E-state index is 13.0. The first kappa shape index (κ1) is 28.2. The summed E-state index contributed by atoms with van der Waals surface area (Å²) in [6.45, 7) is 7.40. The van der Waals surface area contributed by atoms with Crippen LogP contribution in [0.3, 0.4) is 0 Å². The predicted molar refractivity (Wildman–Crippen MR) is 158 cm³/mol. The molecule has 1 fully saturated rings. The summed E-state index contributed by atoms with van der Waals surface area (Å²) in [6, 6.07) is 19.8. The molecule has 2 aliphatic rings. The highest BCUT2D eigenvalue weighted by atomic mass is 35.5. The second-order valence-corrected chi connectivity index (χ2v) is 10.1. The van der Waals surface area contributed by atoms with Gasteiger partial charge in [0.05, 0.1) is 11.2 Å². The van der Waals surface area contributed by atoms with Crippen molar-refractivity contribution in [1.29, 1.82) is 0 Å². The standard InChI is InChI=1S/C30H34N4O2.2ClH/c1-31-28-12-15-33(18-17-32-13-5-6-14-32)21-27(28)26-10-9-24(19-29(26)31)34-16-11-25(20-30(34)35)36-22-23-7-3-2-4-8-23;;/h2-4,7-11,16,19-20H,5-6,12-15,17-18,21-22H2,1H3;2*1H. The van der Waals surface area contributed by atoms with E-state index in [-0.39, 0.29) is 30.4 Å². The van der Waals surface area contributed by atoms with Gasteiger partial charge in [0.1, 0.15) is 12.4 Å². The average Bonchev–Trinajstić information content (AvgIpc) is 3.53. The highest BCUT2D eigenvalue weighted by Crippen LogP contribution is 2.31. The van der Waals surface area contributed by atoms with E-state index in [1.165, 1.54) is 54.6 Å². The van der Waals surface area contributed by atoms with Crippen LogP contribution in [-0.2, 0) is 26.6 Å². The van der Waals surface area contributed by atoms with Crippen molar-refractivity contribution in [2.75, 3.05) is 32.7 Å². The Labute approximate surface area is 236 Å². The van der Waals surface area contributed by atoms with Crippen LogP contribution in [-0.4, -0.2) is 51.7 Å². The topological polar surface area (TPSA) is 42.6 Å². The maximum absolute atomic E-state index is 13.0. The monoisotopic (exact) mass is 554 g/mol. The van der Waals surface area contributed by atoms with Gasteiger partial charge in [0.2, 0.25) is 0 Å². The lowest BCUT2D eigenvalue weighted by atomic mass is 10.0. The number of ether oxygens (including phenoxy) is 1. The number of aromatic nitrogens is 2. The number of benzene rings is 2. The molecule has 202 valence electrons. The van der Waals surface area contributed by atoms with Gasteiger partial charge in [-0.05, 0) is 55.3 Å². The Morgan fingerprint density at radius 2 is 1.63 bits per heavy atom. The number of aryl methyl sites for hydroxylation is 1. The van der Waals surface area contributed by atoms with E-state index >= 15 is 0 Å². The quantitative estimate of drug-likeness (QED) is 0.314. The fourth-order valence-electron chi connectivity index (χ4n) is 5.75. The number of hydrogen-bond donors (Lipinski definition) is 0. The van der Waals surface area contributed by atoms with Crippen LogP contribution in [0.5, 0.6) is 5.75 Å². The van der Waals surface area contributed by atoms with Crippen molar-refractivity contribution in [2.24, 2.45) is 7.05 Å². The van der Waals surface area contributed by atoms with Crippen molar-refractivity contribution in [1.82, 2.24) is 18.9 Å². The predicted octanol–water partition coefficient (Wildman–Crippen LogP) is 5.21. The Morgan fingerprint density at radius 3 is 2.39 bits per heavy atom. The summed E-state index contributed by atoms with van der Waals surface area (Å²) in [6.07, 6.45) is 5.58. The van der Waals surface area contributed by atoms with E-state index in [0.29, 0.717) is 12.4 Å². The van der Waals surface area contributed by atoms with E-state index in [2.05, 4.69) is 39.6 Å². The van der Waals surface area contributed by atoms with Gasteiger partial charge < -0.3 is 14.2 Å². The van der Waals surface area contributed by atoms with Crippen molar-refractivity contribution in [3.8, 4) is 11.4 Å². The molecule has 0 atom stereocenters. The van der Waals surface area contributed by atoms with Gasteiger partial charge in [-0.3, -0.25) is 14.3 Å². The third kappa shape index (κ3) is 5.79. The molecule has 0 radical (unpaired) electrons. The lowest BCUT2D eigenvalue weighted by molar-refractivity contribution is 0.210. The Kier molecular flexibility index (Phi) is 9.21. The van der Waals surface area contributed by atoms with Crippen LogP contribution >= 0.6 is 24.8 Å². The van der Waals surface area contributed by atoms with Crippen molar-refractivity contribution in [3.05, 3.63) is 94.0 Å².